The van der Waals surface area contributed by atoms with Crippen LogP contribution in [0.2, 0.25) is 0 Å². The second-order valence-electron chi connectivity index (χ2n) is 2.69. The van der Waals surface area contributed by atoms with Gasteiger partial charge in [0.25, 0.3) is 0 Å². The van der Waals surface area contributed by atoms with Crippen molar-refractivity contribution >= 4 is 13.2 Å². The minimum Gasteiger partial charge on any atom is -0.114 e. The Morgan fingerprint density at radius 2 is 2.00 bits per heavy atom. The zero-order valence-corrected chi connectivity index (χ0v) is 6.91. The van der Waals surface area contributed by atoms with Crippen molar-refractivity contribution in [1.29, 1.82) is 0 Å². The van der Waals surface area contributed by atoms with Gasteiger partial charge in [0.1, 0.15) is 0 Å². The molecular formula is C7H15P. The molecule has 0 nitrogen and oxygen atoms in total. The second-order valence-corrected chi connectivity index (χ2v) is 6.92. The summed E-state index contributed by atoms with van der Waals surface area (Å²) in [5.41, 5.74) is 0. The first-order chi connectivity index (χ1) is 3.56. The molecule has 1 heteroatoms. The quantitative estimate of drug-likeness (QED) is 0.397. The number of hydrogen-bond donors (Lipinski definition) is 0. The molecule has 0 aliphatic rings. The topological polar surface area (TPSA) is 0 Å². The van der Waals surface area contributed by atoms with Crippen LogP contribution in [-0.2, 0) is 0 Å². The van der Waals surface area contributed by atoms with Crippen LogP contribution in [0.15, 0.2) is 12.2 Å². The van der Waals surface area contributed by atoms with Crippen molar-refractivity contribution in [3.63, 3.8) is 0 Å². The molecule has 0 amide bonds. The summed E-state index contributed by atoms with van der Waals surface area (Å²) in [6, 6.07) is 0. The Kier molecular flexibility index (Phi) is 3.16. The number of allylic oxidation sites excluding steroid dienone is 2. The fourth-order valence-electron chi connectivity index (χ4n) is 0.391. The van der Waals surface area contributed by atoms with Crippen molar-refractivity contribution in [2.24, 2.45) is 0 Å². The number of rotatable bonds is 2. The molecule has 0 aliphatic heterocycles. The molecule has 0 saturated heterocycles. The Morgan fingerprint density at radius 1 is 1.50 bits per heavy atom. The molecule has 48 valence electrons. The summed E-state index contributed by atoms with van der Waals surface area (Å²) < 4.78 is 0. The van der Waals surface area contributed by atoms with E-state index in [1.807, 2.05) is 0 Å². The van der Waals surface area contributed by atoms with Gasteiger partial charge in [-0.3, -0.25) is 0 Å². The molecule has 0 atom stereocenters. The normalized spacial score (nSPS) is 12.9. The van der Waals surface area contributed by atoms with Gasteiger partial charge in [0.15, 0.2) is 0 Å². The number of hydrogen-bond acceptors (Lipinski definition) is 0. The third kappa shape index (κ3) is 6.04. The molecule has 0 bridgehead atoms. The molecular weight excluding hydrogens is 115 g/mol. The smallest absolute Gasteiger partial charge is 0.0156 e. The van der Waals surface area contributed by atoms with Crippen LogP contribution in [0.5, 0.6) is 0 Å². The average Bonchev–Trinajstić information content (AvgIpc) is 1.59. The highest BCUT2D eigenvalue weighted by atomic mass is 31.2. The Hall–Kier alpha value is 0.0400. The van der Waals surface area contributed by atoms with Gasteiger partial charge in [0.2, 0.25) is 0 Å². The maximum Gasteiger partial charge on any atom is -0.0156 e. The molecule has 0 aromatic heterocycles. The van der Waals surface area contributed by atoms with Crippen LogP contribution < -0.4 is 0 Å². The fraction of sp³-hybridized carbons (Fsp3) is 0.571. The first kappa shape index (κ1) is 8.04. The standard InChI is InChI=1S/C7H15P/c1-5-6-7-8(2,3)4/h5-6H,2,7H2,1,3-4H3/b6-5+. The predicted molar refractivity (Wildman–Crippen MR) is 45.6 cm³/mol. The Bertz CT molecular complexity index is 116. The van der Waals surface area contributed by atoms with Crippen molar-refractivity contribution in [2.45, 2.75) is 6.92 Å². The van der Waals surface area contributed by atoms with Gasteiger partial charge in [-0.2, -0.15) is 0 Å². The first-order valence-electron chi connectivity index (χ1n) is 2.85. The lowest BCUT2D eigenvalue weighted by molar-refractivity contribution is 1.63. The summed E-state index contributed by atoms with van der Waals surface area (Å²) in [7, 11) is 0. The van der Waals surface area contributed by atoms with Crippen LogP contribution in [0.3, 0.4) is 0 Å². The van der Waals surface area contributed by atoms with Crippen LogP contribution in [0.25, 0.3) is 0 Å². The van der Waals surface area contributed by atoms with Crippen molar-refractivity contribution in [3.8, 4) is 0 Å². The molecule has 0 aromatic carbocycles. The zero-order chi connectivity index (χ0) is 6.62. The second kappa shape index (κ2) is 3.14. The van der Waals surface area contributed by atoms with E-state index in [-0.39, 0.29) is 0 Å². The van der Waals surface area contributed by atoms with E-state index in [0.29, 0.717) is 0 Å². The molecule has 0 unspecified atom stereocenters. The van der Waals surface area contributed by atoms with Crippen molar-refractivity contribution in [1.82, 2.24) is 0 Å². The molecule has 0 saturated carbocycles. The summed E-state index contributed by atoms with van der Waals surface area (Å²) in [4.78, 5) is 0. The van der Waals surface area contributed by atoms with Gasteiger partial charge in [-0.05, 0) is 26.4 Å². The molecule has 0 radical (unpaired) electrons. The van der Waals surface area contributed by atoms with Gasteiger partial charge in [-0.25, -0.2) is 0 Å². The van der Waals surface area contributed by atoms with Gasteiger partial charge in [-0.1, -0.05) is 12.2 Å². The minimum absolute atomic E-state index is 0.769. The summed E-state index contributed by atoms with van der Waals surface area (Å²) in [5, 5.41) is 0. The SMILES string of the molecule is C=P(C)(C)C/C=C/C. The van der Waals surface area contributed by atoms with Gasteiger partial charge in [0, 0.05) is 0 Å². The van der Waals surface area contributed by atoms with Crippen molar-refractivity contribution in [2.75, 3.05) is 19.5 Å². The maximum atomic E-state index is 4.07. The molecule has 0 N–H and O–H groups in total. The van der Waals surface area contributed by atoms with Gasteiger partial charge in [-0.15, -0.1) is 13.2 Å². The first-order valence-corrected chi connectivity index (χ1v) is 5.90. The Morgan fingerprint density at radius 3 is 2.12 bits per heavy atom. The van der Waals surface area contributed by atoms with E-state index in [1.54, 1.807) is 0 Å². The summed E-state index contributed by atoms with van der Waals surface area (Å²) >= 11 is 0. The van der Waals surface area contributed by atoms with Crippen molar-refractivity contribution < 1.29 is 0 Å². The van der Waals surface area contributed by atoms with E-state index in [9.17, 15) is 0 Å². The third-order valence-corrected chi connectivity index (χ3v) is 2.03. The fourth-order valence-corrected chi connectivity index (χ4v) is 1.17. The van der Waals surface area contributed by atoms with Crippen LogP contribution >= 0.6 is 6.89 Å². The van der Waals surface area contributed by atoms with E-state index in [4.69, 9.17) is 0 Å². The molecule has 0 fully saturated rings. The Balaban J connectivity index is 3.57. The van der Waals surface area contributed by atoms with E-state index >= 15 is 0 Å². The van der Waals surface area contributed by atoms with Crippen LogP contribution in [0.1, 0.15) is 6.92 Å². The van der Waals surface area contributed by atoms with Crippen LogP contribution in [-0.4, -0.2) is 25.8 Å². The largest absolute Gasteiger partial charge is 0.114 e. The van der Waals surface area contributed by atoms with E-state index in [2.05, 4.69) is 38.7 Å². The molecule has 0 rings (SSSR count). The molecule has 0 spiro atoms. The highest BCUT2D eigenvalue weighted by Gasteiger charge is 1.91. The Labute approximate surface area is 52.6 Å². The van der Waals surface area contributed by atoms with Gasteiger partial charge in [0.05, 0.1) is 0 Å². The molecule has 0 aromatic rings. The van der Waals surface area contributed by atoms with E-state index in [0.717, 1.165) is 0 Å². The van der Waals surface area contributed by atoms with Gasteiger partial charge >= 0.3 is 0 Å². The van der Waals surface area contributed by atoms with E-state index in [1.165, 1.54) is 6.16 Å². The molecule has 0 heterocycles. The lowest BCUT2D eigenvalue weighted by Gasteiger charge is -2.06. The third-order valence-electron chi connectivity index (χ3n) is 0.835. The summed E-state index contributed by atoms with van der Waals surface area (Å²) in [6.45, 7) is 5.77. The highest BCUT2D eigenvalue weighted by molar-refractivity contribution is 7.72. The summed E-state index contributed by atoms with van der Waals surface area (Å²) in [5.74, 6) is 0. The minimum atomic E-state index is -0.769. The van der Waals surface area contributed by atoms with E-state index < -0.39 is 6.89 Å². The highest BCUT2D eigenvalue weighted by Crippen LogP contribution is 2.34. The molecule has 0 aliphatic carbocycles. The molecule has 8 heavy (non-hydrogen) atoms. The lowest BCUT2D eigenvalue weighted by Crippen LogP contribution is -1.78. The lowest BCUT2D eigenvalue weighted by atomic mass is 10.6. The predicted octanol–water partition coefficient (Wildman–Crippen LogP) is 2.27. The van der Waals surface area contributed by atoms with Crippen molar-refractivity contribution in [3.05, 3.63) is 12.2 Å². The van der Waals surface area contributed by atoms with Gasteiger partial charge < -0.3 is 0 Å². The average molecular weight is 130 g/mol. The van der Waals surface area contributed by atoms with Crippen LogP contribution in [0, 0.1) is 0 Å². The maximum absolute atomic E-state index is 4.07. The zero-order valence-electron chi connectivity index (χ0n) is 6.02. The summed E-state index contributed by atoms with van der Waals surface area (Å²) in [6.07, 6.45) is 9.54. The van der Waals surface area contributed by atoms with Crippen LogP contribution in [0.4, 0.5) is 0 Å². The monoisotopic (exact) mass is 130 g/mol.